The summed E-state index contributed by atoms with van der Waals surface area (Å²) in [6.45, 7) is 2.09. The highest BCUT2D eigenvalue weighted by atomic mass is 16.2. The van der Waals surface area contributed by atoms with Crippen molar-refractivity contribution >= 4 is 11.7 Å². The first-order valence-electron chi connectivity index (χ1n) is 5.54. The topological polar surface area (TPSA) is 126 Å². The number of aromatic nitrogens is 5. The second kappa shape index (κ2) is 5.40. The Morgan fingerprint density at radius 1 is 1.47 bits per heavy atom. The van der Waals surface area contributed by atoms with Gasteiger partial charge in [0.25, 0.3) is 5.91 Å². The lowest BCUT2D eigenvalue weighted by atomic mass is 10.3. The van der Waals surface area contributed by atoms with Crippen LogP contribution in [0, 0.1) is 6.92 Å². The van der Waals surface area contributed by atoms with Crippen molar-refractivity contribution in [2.24, 2.45) is 5.84 Å². The lowest BCUT2D eigenvalue weighted by Gasteiger charge is -2.14. The maximum absolute atomic E-state index is 12.1. The van der Waals surface area contributed by atoms with E-state index >= 15 is 0 Å². The van der Waals surface area contributed by atoms with E-state index in [-0.39, 0.29) is 11.6 Å². The molecule has 0 fully saturated rings. The first-order valence-corrected chi connectivity index (χ1v) is 5.54. The second-order valence-corrected chi connectivity index (χ2v) is 3.95. The van der Waals surface area contributed by atoms with Gasteiger partial charge in [0.2, 0.25) is 0 Å². The smallest absolute Gasteiger partial charge is 0.274 e. The van der Waals surface area contributed by atoms with Crippen LogP contribution >= 0.6 is 0 Å². The molecule has 100 valence electrons. The van der Waals surface area contributed by atoms with E-state index in [9.17, 15) is 4.79 Å². The molecule has 0 aromatic carbocycles. The van der Waals surface area contributed by atoms with Crippen LogP contribution in [0.5, 0.6) is 0 Å². The third-order valence-electron chi connectivity index (χ3n) is 2.40. The van der Waals surface area contributed by atoms with Crippen LogP contribution in [-0.4, -0.2) is 43.2 Å². The second-order valence-electron chi connectivity index (χ2n) is 3.95. The molecule has 0 saturated carbocycles. The Balaban J connectivity index is 2.05. The van der Waals surface area contributed by atoms with Crippen molar-refractivity contribution in [3.05, 3.63) is 29.5 Å². The van der Waals surface area contributed by atoms with Crippen molar-refractivity contribution in [2.45, 2.75) is 13.5 Å². The van der Waals surface area contributed by atoms with Gasteiger partial charge in [-0.1, -0.05) is 0 Å². The van der Waals surface area contributed by atoms with Crippen LogP contribution in [0.3, 0.4) is 0 Å². The summed E-state index contributed by atoms with van der Waals surface area (Å²) in [5.74, 6) is 6.55. The molecule has 0 unspecified atom stereocenters. The zero-order chi connectivity index (χ0) is 13.8. The molecule has 19 heavy (non-hydrogen) atoms. The standard InChI is InChI=1S/C10H14N8O/c1-6-12-9(17-14-6)5-18(2)10(19)7-3-4-8(13-11)16-15-7/h3-4H,5,11H2,1-2H3,(H,13,16)(H,12,14,17). The first kappa shape index (κ1) is 12.9. The fraction of sp³-hybridized carbons (Fsp3) is 0.300. The van der Waals surface area contributed by atoms with E-state index in [0.29, 0.717) is 24.0 Å². The third kappa shape index (κ3) is 3.01. The number of anilines is 1. The van der Waals surface area contributed by atoms with Crippen molar-refractivity contribution in [3.63, 3.8) is 0 Å². The van der Waals surface area contributed by atoms with E-state index in [2.05, 4.69) is 30.8 Å². The van der Waals surface area contributed by atoms with E-state index in [1.165, 1.54) is 4.90 Å². The summed E-state index contributed by atoms with van der Waals surface area (Å²) in [6, 6.07) is 3.12. The van der Waals surface area contributed by atoms with E-state index in [4.69, 9.17) is 5.84 Å². The molecule has 9 nitrogen and oxygen atoms in total. The van der Waals surface area contributed by atoms with E-state index in [1.54, 1.807) is 26.1 Å². The normalized spacial score (nSPS) is 10.3. The number of hydrazine groups is 1. The molecule has 0 bridgehead atoms. The van der Waals surface area contributed by atoms with Gasteiger partial charge in [-0.3, -0.25) is 9.89 Å². The number of hydrogen-bond donors (Lipinski definition) is 3. The molecule has 2 aromatic heterocycles. The Hall–Kier alpha value is -2.55. The highest BCUT2D eigenvalue weighted by Crippen LogP contribution is 2.05. The number of aromatic amines is 1. The Labute approximate surface area is 109 Å². The molecule has 0 aliphatic heterocycles. The summed E-state index contributed by atoms with van der Waals surface area (Å²) in [5, 5.41) is 14.2. The van der Waals surface area contributed by atoms with Crippen molar-refractivity contribution in [1.82, 2.24) is 30.3 Å². The average molecular weight is 262 g/mol. The molecule has 2 rings (SSSR count). The number of carbonyl (C=O) groups excluding carboxylic acids is 1. The Morgan fingerprint density at radius 3 is 2.79 bits per heavy atom. The van der Waals surface area contributed by atoms with Crippen molar-refractivity contribution in [2.75, 3.05) is 12.5 Å². The lowest BCUT2D eigenvalue weighted by molar-refractivity contribution is 0.0774. The number of amides is 1. The molecule has 0 saturated heterocycles. The zero-order valence-electron chi connectivity index (χ0n) is 10.6. The number of nitrogens with one attached hydrogen (secondary N) is 2. The first-order chi connectivity index (χ1) is 9.10. The number of nitrogens with two attached hydrogens (primary N) is 1. The molecule has 2 aromatic rings. The van der Waals surface area contributed by atoms with Gasteiger partial charge in [0.15, 0.2) is 17.3 Å². The number of aryl methyl sites for hydroxylation is 1. The minimum absolute atomic E-state index is 0.230. The quantitative estimate of drug-likeness (QED) is 0.499. The fourth-order valence-corrected chi connectivity index (χ4v) is 1.46. The van der Waals surface area contributed by atoms with Gasteiger partial charge in [0, 0.05) is 7.05 Å². The summed E-state index contributed by atoms with van der Waals surface area (Å²) < 4.78 is 0. The van der Waals surface area contributed by atoms with Crippen molar-refractivity contribution in [3.8, 4) is 0 Å². The molecular formula is C10H14N8O. The predicted octanol–water partition coefficient (Wildman–Crippen LogP) is -0.539. The molecule has 0 aliphatic carbocycles. The maximum Gasteiger partial charge on any atom is 0.274 e. The predicted molar refractivity (Wildman–Crippen MR) is 66.8 cm³/mol. The largest absolute Gasteiger partial charge is 0.333 e. The molecule has 0 aliphatic rings. The summed E-state index contributed by atoms with van der Waals surface area (Å²) in [4.78, 5) is 17.7. The molecule has 0 atom stereocenters. The van der Waals surface area contributed by atoms with Crippen LogP contribution in [0.25, 0.3) is 0 Å². The summed E-state index contributed by atoms with van der Waals surface area (Å²) >= 11 is 0. The van der Waals surface area contributed by atoms with Gasteiger partial charge in [-0.15, -0.1) is 10.2 Å². The van der Waals surface area contributed by atoms with Crippen LogP contribution in [0.2, 0.25) is 0 Å². The van der Waals surface area contributed by atoms with E-state index < -0.39 is 0 Å². The summed E-state index contributed by atoms with van der Waals surface area (Å²) in [5.41, 5.74) is 2.57. The molecule has 0 radical (unpaired) electrons. The van der Waals surface area contributed by atoms with E-state index in [1.807, 2.05) is 0 Å². The number of nitrogens with zero attached hydrogens (tertiary/aromatic N) is 5. The monoisotopic (exact) mass is 262 g/mol. The zero-order valence-corrected chi connectivity index (χ0v) is 10.6. The lowest BCUT2D eigenvalue weighted by Crippen LogP contribution is -2.28. The number of hydrogen-bond acceptors (Lipinski definition) is 7. The van der Waals surface area contributed by atoms with Crippen molar-refractivity contribution < 1.29 is 4.79 Å². The van der Waals surface area contributed by atoms with Crippen molar-refractivity contribution in [1.29, 1.82) is 0 Å². The highest BCUT2D eigenvalue weighted by Gasteiger charge is 2.15. The Bertz CT molecular complexity index is 563. The third-order valence-corrected chi connectivity index (χ3v) is 2.40. The fourth-order valence-electron chi connectivity index (χ4n) is 1.46. The van der Waals surface area contributed by atoms with Gasteiger partial charge in [-0.2, -0.15) is 5.10 Å². The van der Waals surface area contributed by atoms with Crippen LogP contribution in [0.15, 0.2) is 12.1 Å². The molecular weight excluding hydrogens is 248 g/mol. The van der Waals surface area contributed by atoms with Crippen LogP contribution in [0.1, 0.15) is 22.1 Å². The number of carbonyl (C=O) groups is 1. The minimum Gasteiger partial charge on any atom is -0.333 e. The van der Waals surface area contributed by atoms with E-state index in [0.717, 1.165) is 0 Å². The van der Waals surface area contributed by atoms with Gasteiger partial charge >= 0.3 is 0 Å². The average Bonchev–Trinajstić information content (AvgIpc) is 2.83. The maximum atomic E-state index is 12.1. The van der Waals surface area contributed by atoms with Gasteiger partial charge in [-0.25, -0.2) is 10.8 Å². The molecule has 4 N–H and O–H groups in total. The molecule has 0 spiro atoms. The van der Waals surface area contributed by atoms with Gasteiger partial charge in [-0.05, 0) is 19.1 Å². The van der Waals surface area contributed by atoms with Gasteiger partial charge in [0.1, 0.15) is 5.82 Å². The number of H-pyrrole nitrogens is 1. The number of rotatable bonds is 4. The van der Waals surface area contributed by atoms with Gasteiger partial charge in [0.05, 0.1) is 6.54 Å². The SMILES string of the molecule is Cc1nc(CN(C)C(=O)c2ccc(NN)nn2)n[nH]1. The van der Waals surface area contributed by atoms with Crippen LogP contribution < -0.4 is 11.3 Å². The van der Waals surface area contributed by atoms with Gasteiger partial charge < -0.3 is 10.3 Å². The summed E-state index contributed by atoms with van der Waals surface area (Å²) in [6.07, 6.45) is 0. The molecule has 9 heteroatoms. The number of nitrogen functional groups attached to an aromatic ring is 1. The minimum atomic E-state index is -0.265. The Kier molecular flexibility index (Phi) is 3.66. The van der Waals surface area contributed by atoms with Crippen LogP contribution in [-0.2, 0) is 6.54 Å². The summed E-state index contributed by atoms with van der Waals surface area (Å²) in [7, 11) is 1.64. The molecule has 2 heterocycles. The molecule has 1 amide bonds. The Morgan fingerprint density at radius 2 is 2.26 bits per heavy atom. The highest BCUT2D eigenvalue weighted by molar-refractivity contribution is 5.91. The van der Waals surface area contributed by atoms with Crippen LogP contribution in [0.4, 0.5) is 5.82 Å².